The number of aliphatic hydroxyl groups is 1. The molecule has 96 valence electrons. The van der Waals surface area contributed by atoms with Crippen LogP contribution < -0.4 is 5.32 Å². The zero-order chi connectivity index (χ0) is 12.8. The van der Waals surface area contributed by atoms with Crippen LogP contribution in [0.5, 0.6) is 0 Å². The number of hydrogen-bond acceptors (Lipinski definition) is 4. The van der Waals surface area contributed by atoms with Crippen LogP contribution in [-0.4, -0.2) is 22.2 Å². The minimum atomic E-state index is -0.170. The van der Waals surface area contributed by atoms with Gasteiger partial charge in [0.15, 0.2) is 0 Å². The van der Waals surface area contributed by atoms with Crippen LogP contribution in [0.4, 0.5) is 0 Å². The first kappa shape index (κ1) is 13.0. The summed E-state index contributed by atoms with van der Waals surface area (Å²) in [4.78, 5) is 5.78. The van der Waals surface area contributed by atoms with Gasteiger partial charge in [-0.25, -0.2) is 4.98 Å². The van der Waals surface area contributed by atoms with Gasteiger partial charge < -0.3 is 10.4 Å². The van der Waals surface area contributed by atoms with Crippen LogP contribution in [0.2, 0.25) is 0 Å². The lowest BCUT2D eigenvalue weighted by Crippen LogP contribution is -2.60. The molecule has 1 aromatic rings. The molecule has 1 heterocycles. The number of thiazole rings is 1. The fourth-order valence-corrected chi connectivity index (χ4v) is 3.45. The summed E-state index contributed by atoms with van der Waals surface area (Å²) in [6.07, 6.45) is 0.685. The van der Waals surface area contributed by atoms with Crippen molar-refractivity contribution < 1.29 is 5.11 Å². The molecule has 1 aliphatic rings. The predicted molar refractivity (Wildman–Crippen MR) is 71.3 cm³/mol. The van der Waals surface area contributed by atoms with Gasteiger partial charge in [-0.05, 0) is 27.2 Å². The standard InChI is InChI=1S/C13H22N2OS/c1-7-12(17-9(3)14-7)8(2)15-10-6-11(16)13(10,4)5/h8,10-11,15-16H,6H2,1-5H3. The van der Waals surface area contributed by atoms with E-state index in [2.05, 4.69) is 38.0 Å². The zero-order valence-electron chi connectivity index (χ0n) is 11.2. The molecule has 1 aliphatic carbocycles. The molecule has 0 radical (unpaired) electrons. The topological polar surface area (TPSA) is 45.2 Å². The summed E-state index contributed by atoms with van der Waals surface area (Å²) in [6, 6.07) is 0.715. The van der Waals surface area contributed by atoms with E-state index in [9.17, 15) is 5.11 Å². The van der Waals surface area contributed by atoms with E-state index in [1.54, 1.807) is 11.3 Å². The van der Waals surface area contributed by atoms with Crippen molar-refractivity contribution in [3.63, 3.8) is 0 Å². The average molecular weight is 254 g/mol. The van der Waals surface area contributed by atoms with Crippen LogP contribution in [0.15, 0.2) is 0 Å². The lowest BCUT2D eigenvalue weighted by molar-refractivity contribution is -0.0753. The van der Waals surface area contributed by atoms with Gasteiger partial charge in [-0.15, -0.1) is 11.3 Å². The van der Waals surface area contributed by atoms with Gasteiger partial charge in [-0.1, -0.05) is 13.8 Å². The largest absolute Gasteiger partial charge is 0.392 e. The van der Waals surface area contributed by atoms with Crippen molar-refractivity contribution in [1.29, 1.82) is 0 Å². The van der Waals surface area contributed by atoms with Crippen LogP contribution in [0.25, 0.3) is 0 Å². The molecule has 3 unspecified atom stereocenters. The van der Waals surface area contributed by atoms with Crippen LogP contribution in [0.3, 0.4) is 0 Å². The quantitative estimate of drug-likeness (QED) is 0.871. The van der Waals surface area contributed by atoms with E-state index >= 15 is 0 Å². The Morgan fingerprint density at radius 2 is 2.12 bits per heavy atom. The molecule has 4 heteroatoms. The second-order valence-corrected chi connectivity index (χ2v) is 6.93. The molecule has 0 saturated heterocycles. The molecule has 0 aromatic carbocycles. The third kappa shape index (κ3) is 2.26. The number of nitrogens with one attached hydrogen (secondary N) is 1. The molecule has 2 rings (SSSR count). The fraction of sp³-hybridized carbons (Fsp3) is 0.769. The Kier molecular flexibility index (Phi) is 3.31. The van der Waals surface area contributed by atoms with Crippen LogP contribution in [-0.2, 0) is 0 Å². The minimum Gasteiger partial charge on any atom is -0.392 e. The van der Waals surface area contributed by atoms with Gasteiger partial charge in [0.25, 0.3) is 0 Å². The van der Waals surface area contributed by atoms with Gasteiger partial charge >= 0.3 is 0 Å². The summed E-state index contributed by atoms with van der Waals surface area (Å²) < 4.78 is 0. The molecule has 0 bridgehead atoms. The average Bonchev–Trinajstić information content (AvgIpc) is 2.57. The Balaban J connectivity index is 2.03. The van der Waals surface area contributed by atoms with E-state index < -0.39 is 0 Å². The highest BCUT2D eigenvalue weighted by Gasteiger charge is 2.47. The summed E-state index contributed by atoms with van der Waals surface area (Å²) >= 11 is 1.76. The molecular weight excluding hydrogens is 232 g/mol. The van der Waals surface area contributed by atoms with Crippen molar-refractivity contribution in [2.75, 3.05) is 0 Å². The van der Waals surface area contributed by atoms with Crippen molar-refractivity contribution >= 4 is 11.3 Å². The smallest absolute Gasteiger partial charge is 0.0900 e. The van der Waals surface area contributed by atoms with Gasteiger partial charge in [0.05, 0.1) is 16.8 Å². The second kappa shape index (κ2) is 4.34. The SMILES string of the molecule is Cc1nc(C)c(C(C)NC2CC(O)C2(C)C)s1. The molecule has 0 spiro atoms. The van der Waals surface area contributed by atoms with Gasteiger partial charge in [0.2, 0.25) is 0 Å². The highest BCUT2D eigenvalue weighted by Crippen LogP contribution is 2.41. The van der Waals surface area contributed by atoms with E-state index in [1.807, 2.05) is 6.92 Å². The summed E-state index contributed by atoms with van der Waals surface area (Å²) in [5.74, 6) is 0. The Bertz CT molecular complexity index is 414. The molecule has 1 fully saturated rings. The van der Waals surface area contributed by atoms with Gasteiger partial charge in [0.1, 0.15) is 0 Å². The lowest BCUT2D eigenvalue weighted by atomic mass is 9.64. The van der Waals surface area contributed by atoms with E-state index in [0.717, 1.165) is 17.1 Å². The van der Waals surface area contributed by atoms with Crippen molar-refractivity contribution in [2.24, 2.45) is 5.41 Å². The normalized spacial score (nSPS) is 28.8. The molecule has 0 aliphatic heterocycles. The molecule has 3 atom stereocenters. The van der Waals surface area contributed by atoms with E-state index in [1.165, 1.54) is 4.88 Å². The minimum absolute atomic E-state index is 0.0120. The predicted octanol–water partition coefficient (Wildman–Crippen LogP) is 2.57. The second-order valence-electron chi connectivity index (χ2n) is 5.70. The molecule has 0 amide bonds. The monoisotopic (exact) mass is 254 g/mol. The van der Waals surface area contributed by atoms with E-state index in [-0.39, 0.29) is 11.5 Å². The molecule has 17 heavy (non-hydrogen) atoms. The number of rotatable bonds is 3. The lowest BCUT2D eigenvalue weighted by Gasteiger charge is -2.50. The van der Waals surface area contributed by atoms with E-state index in [4.69, 9.17) is 0 Å². The Labute approximate surface area is 107 Å². The number of aryl methyl sites for hydroxylation is 2. The number of hydrogen-bond donors (Lipinski definition) is 2. The van der Waals surface area contributed by atoms with Crippen molar-refractivity contribution in [3.8, 4) is 0 Å². The molecule has 2 N–H and O–H groups in total. The van der Waals surface area contributed by atoms with Crippen LogP contribution >= 0.6 is 11.3 Å². The third-order valence-corrected chi connectivity index (χ3v) is 5.26. The van der Waals surface area contributed by atoms with Gasteiger partial charge in [0, 0.05) is 22.4 Å². The van der Waals surface area contributed by atoms with E-state index in [0.29, 0.717) is 12.1 Å². The van der Waals surface area contributed by atoms with Gasteiger partial charge in [-0.3, -0.25) is 0 Å². The van der Waals surface area contributed by atoms with Gasteiger partial charge in [-0.2, -0.15) is 0 Å². The molecule has 1 saturated carbocycles. The zero-order valence-corrected chi connectivity index (χ0v) is 12.1. The highest BCUT2D eigenvalue weighted by molar-refractivity contribution is 7.11. The highest BCUT2D eigenvalue weighted by atomic mass is 32.1. The summed E-state index contributed by atoms with van der Waals surface area (Å²) in [6.45, 7) is 10.5. The maximum absolute atomic E-state index is 9.74. The Morgan fingerprint density at radius 3 is 2.53 bits per heavy atom. The first-order chi connectivity index (χ1) is 7.82. The fourth-order valence-electron chi connectivity index (χ4n) is 2.51. The van der Waals surface area contributed by atoms with Crippen molar-refractivity contribution in [1.82, 2.24) is 10.3 Å². The number of aliphatic hydroxyl groups excluding tert-OH is 1. The van der Waals surface area contributed by atoms with Crippen molar-refractivity contribution in [2.45, 2.75) is 59.2 Å². The molecular formula is C13H22N2OS. The number of aromatic nitrogens is 1. The van der Waals surface area contributed by atoms with Crippen LogP contribution in [0, 0.1) is 19.3 Å². The summed E-state index contributed by atoms with van der Waals surface area (Å²) in [5, 5.41) is 14.5. The maximum Gasteiger partial charge on any atom is 0.0900 e. The van der Waals surface area contributed by atoms with Crippen molar-refractivity contribution in [3.05, 3.63) is 15.6 Å². The molecule has 1 aromatic heterocycles. The summed E-state index contributed by atoms with van der Waals surface area (Å²) in [7, 11) is 0. The molecule has 3 nitrogen and oxygen atoms in total. The van der Waals surface area contributed by atoms with Crippen LogP contribution in [0.1, 0.15) is 48.8 Å². The first-order valence-corrected chi connectivity index (χ1v) is 7.02. The first-order valence-electron chi connectivity index (χ1n) is 6.20. The third-order valence-electron chi connectivity index (χ3n) is 4.00. The summed E-state index contributed by atoms with van der Waals surface area (Å²) in [5.41, 5.74) is 1.12. The Hall–Kier alpha value is -0.450. The Morgan fingerprint density at radius 1 is 1.47 bits per heavy atom. The number of nitrogens with zero attached hydrogens (tertiary/aromatic N) is 1. The maximum atomic E-state index is 9.74.